The maximum absolute atomic E-state index is 12.2. The van der Waals surface area contributed by atoms with Crippen molar-refractivity contribution in [1.82, 2.24) is 5.32 Å². The van der Waals surface area contributed by atoms with Crippen LogP contribution in [0.15, 0.2) is 64.8 Å². The normalized spacial score (nSPS) is 20.9. The number of nitrogens with zero attached hydrogens (tertiary/aromatic N) is 1. The number of aliphatic imine (C=N–C) groups is 1. The van der Waals surface area contributed by atoms with E-state index < -0.39 is 0 Å². The summed E-state index contributed by atoms with van der Waals surface area (Å²) in [6, 6.07) is 7.86. The van der Waals surface area contributed by atoms with Gasteiger partial charge in [0.2, 0.25) is 5.91 Å². The molecule has 1 unspecified atom stereocenters. The number of hydrogen-bond acceptors (Lipinski definition) is 2. The van der Waals surface area contributed by atoms with Crippen molar-refractivity contribution < 1.29 is 9.59 Å². The molecule has 4 nitrogen and oxygen atoms in total. The summed E-state index contributed by atoms with van der Waals surface area (Å²) in [5.74, 6) is 0.0308. The Morgan fingerprint density at radius 1 is 1.28 bits per heavy atom. The Hall–Kier alpha value is -2.75. The molecule has 4 heteroatoms. The van der Waals surface area contributed by atoms with Gasteiger partial charge in [0.1, 0.15) is 0 Å². The lowest BCUT2D eigenvalue weighted by atomic mass is 9.82. The van der Waals surface area contributed by atoms with E-state index in [4.69, 9.17) is 0 Å². The maximum Gasteiger partial charge on any atom is 0.250 e. The molecule has 1 atom stereocenters. The Balaban J connectivity index is 1.78. The Morgan fingerprint density at radius 2 is 2.08 bits per heavy atom. The van der Waals surface area contributed by atoms with Gasteiger partial charge in [-0.15, -0.1) is 0 Å². The zero-order valence-corrected chi connectivity index (χ0v) is 14.7. The second kappa shape index (κ2) is 7.01. The average Bonchev–Trinajstić information content (AvgIpc) is 2.53. The van der Waals surface area contributed by atoms with Crippen LogP contribution in [-0.2, 0) is 16.0 Å². The SMILES string of the molecule is Cc1cccc(CC(=O)N=C2C=CC3C(=C2)NC(=O)C=C3C(C)C)c1. The van der Waals surface area contributed by atoms with Gasteiger partial charge in [-0.1, -0.05) is 49.8 Å². The van der Waals surface area contributed by atoms with Crippen molar-refractivity contribution in [2.75, 3.05) is 0 Å². The van der Waals surface area contributed by atoms with Gasteiger partial charge in [0.25, 0.3) is 5.91 Å². The molecular formula is C21H22N2O2. The molecule has 1 aromatic rings. The topological polar surface area (TPSA) is 58.5 Å². The predicted octanol–water partition coefficient (Wildman–Crippen LogP) is 3.29. The summed E-state index contributed by atoms with van der Waals surface area (Å²) in [6.07, 6.45) is 7.60. The van der Waals surface area contributed by atoms with Crippen LogP contribution in [0.1, 0.15) is 25.0 Å². The van der Waals surface area contributed by atoms with Crippen molar-refractivity contribution in [3.63, 3.8) is 0 Å². The van der Waals surface area contributed by atoms with Gasteiger partial charge in [0, 0.05) is 17.7 Å². The number of aryl methyl sites for hydroxylation is 1. The molecule has 0 bridgehead atoms. The van der Waals surface area contributed by atoms with Gasteiger partial charge in [-0.2, -0.15) is 0 Å². The summed E-state index contributed by atoms with van der Waals surface area (Å²) in [6.45, 7) is 6.15. The first-order valence-electron chi connectivity index (χ1n) is 8.51. The van der Waals surface area contributed by atoms with Gasteiger partial charge < -0.3 is 5.32 Å². The van der Waals surface area contributed by atoms with Crippen molar-refractivity contribution in [1.29, 1.82) is 0 Å². The minimum absolute atomic E-state index is 0.0588. The second-order valence-corrected chi connectivity index (χ2v) is 6.82. The lowest BCUT2D eigenvalue weighted by Crippen LogP contribution is -2.34. The smallest absolute Gasteiger partial charge is 0.250 e. The zero-order chi connectivity index (χ0) is 18.0. The molecule has 2 amide bonds. The molecule has 128 valence electrons. The van der Waals surface area contributed by atoms with Gasteiger partial charge >= 0.3 is 0 Å². The molecule has 1 N–H and O–H groups in total. The van der Waals surface area contributed by atoms with Crippen LogP contribution in [0.25, 0.3) is 0 Å². The number of allylic oxidation sites excluding steroid dienone is 3. The highest BCUT2D eigenvalue weighted by Gasteiger charge is 2.27. The fourth-order valence-electron chi connectivity index (χ4n) is 3.20. The highest BCUT2D eigenvalue weighted by molar-refractivity contribution is 6.11. The van der Waals surface area contributed by atoms with Crippen molar-refractivity contribution in [2.45, 2.75) is 27.2 Å². The minimum atomic E-state index is -0.192. The number of carbonyl (C=O) groups is 2. The summed E-state index contributed by atoms with van der Waals surface area (Å²) >= 11 is 0. The Labute approximate surface area is 148 Å². The number of rotatable bonds is 3. The highest BCUT2D eigenvalue weighted by atomic mass is 16.2. The van der Waals surface area contributed by atoms with E-state index in [1.165, 1.54) is 0 Å². The summed E-state index contributed by atoms with van der Waals surface area (Å²) in [7, 11) is 0. The van der Waals surface area contributed by atoms with E-state index in [9.17, 15) is 9.59 Å². The molecule has 0 radical (unpaired) electrons. The van der Waals surface area contributed by atoms with Crippen molar-refractivity contribution in [3.05, 3.63) is 71.0 Å². The second-order valence-electron chi connectivity index (χ2n) is 6.82. The quantitative estimate of drug-likeness (QED) is 0.922. The van der Waals surface area contributed by atoms with Crippen LogP contribution < -0.4 is 5.32 Å². The molecule has 25 heavy (non-hydrogen) atoms. The third-order valence-electron chi connectivity index (χ3n) is 4.38. The Kier molecular flexibility index (Phi) is 4.79. The van der Waals surface area contributed by atoms with Crippen LogP contribution in [0.5, 0.6) is 0 Å². The highest BCUT2D eigenvalue weighted by Crippen LogP contribution is 2.31. The maximum atomic E-state index is 12.2. The van der Waals surface area contributed by atoms with Crippen molar-refractivity contribution >= 4 is 17.5 Å². The van der Waals surface area contributed by atoms with E-state index in [0.29, 0.717) is 5.71 Å². The molecule has 1 aliphatic carbocycles. The lowest BCUT2D eigenvalue weighted by molar-refractivity contribution is -0.117. The van der Waals surface area contributed by atoms with Crippen LogP contribution >= 0.6 is 0 Å². The van der Waals surface area contributed by atoms with Gasteiger partial charge in [-0.25, -0.2) is 4.99 Å². The molecule has 1 aromatic carbocycles. The first-order chi connectivity index (χ1) is 11.9. The summed E-state index contributed by atoms with van der Waals surface area (Å²) in [5.41, 5.74) is 4.53. The van der Waals surface area contributed by atoms with Gasteiger partial charge in [-0.3, -0.25) is 9.59 Å². The largest absolute Gasteiger partial charge is 0.325 e. The van der Waals surface area contributed by atoms with Crippen LogP contribution in [0.2, 0.25) is 0 Å². The van der Waals surface area contributed by atoms with Crippen LogP contribution in [0.3, 0.4) is 0 Å². The minimum Gasteiger partial charge on any atom is -0.325 e. The predicted molar refractivity (Wildman–Crippen MR) is 99.1 cm³/mol. The van der Waals surface area contributed by atoms with Crippen LogP contribution in [0.4, 0.5) is 0 Å². The Morgan fingerprint density at radius 3 is 2.80 bits per heavy atom. The number of benzene rings is 1. The summed E-state index contributed by atoms with van der Waals surface area (Å²) in [5, 5.41) is 2.87. The van der Waals surface area contributed by atoms with E-state index in [-0.39, 0.29) is 30.1 Å². The number of carbonyl (C=O) groups excluding carboxylic acids is 2. The first kappa shape index (κ1) is 17.1. The summed E-state index contributed by atoms with van der Waals surface area (Å²) < 4.78 is 0. The van der Waals surface area contributed by atoms with Crippen molar-refractivity contribution in [2.24, 2.45) is 16.8 Å². The zero-order valence-electron chi connectivity index (χ0n) is 14.7. The number of hydrogen-bond donors (Lipinski definition) is 1. The molecule has 1 heterocycles. The molecule has 2 aliphatic rings. The molecule has 0 fully saturated rings. The van der Waals surface area contributed by atoms with Gasteiger partial charge in [0.15, 0.2) is 0 Å². The van der Waals surface area contributed by atoms with E-state index in [1.54, 1.807) is 12.2 Å². The lowest BCUT2D eigenvalue weighted by Gasteiger charge is -2.29. The standard InChI is InChI=1S/C21H22N2O2/c1-13(2)18-12-21(25)23-19-11-16(7-8-17(18)19)22-20(24)10-15-6-4-5-14(3)9-15/h4-9,11-13,17H,10H2,1-3H3,(H,23,25). The van der Waals surface area contributed by atoms with E-state index in [1.807, 2.05) is 43.3 Å². The molecule has 0 saturated heterocycles. The molecular weight excluding hydrogens is 312 g/mol. The fraction of sp³-hybridized carbons (Fsp3) is 0.286. The molecule has 0 aromatic heterocycles. The molecule has 3 rings (SSSR count). The number of nitrogens with one attached hydrogen (secondary N) is 1. The molecule has 0 spiro atoms. The number of fused-ring (bicyclic) bond motifs is 1. The monoisotopic (exact) mass is 334 g/mol. The van der Waals surface area contributed by atoms with E-state index in [2.05, 4.69) is 24.2 Å². The number of amides is 2. The average molecular weight is 334 g/mol. The first-order valence-corrected chi connectivity index (χ1v) is 8.51. The molecule has 1 aliphatic heterocycles. The third-order valence-corrected chi connectivity index (χ3v) is 4.38. The third kappa shape index (κ3) is 4.02. The van der Waals surface area contributed by atoms with Crippen molar-refractivity contribution in [3.8, 4) is 0 Å². The fourth-order valence-corrected chi connectivity index (χ4v) is 3.20. The van der Waals surface area contributed by atoms with Gasteiger partial charge in [-0.05, 0) is 36.1 Å². The van der Waals surface area contributed by atoms with Crippen LogP contribution in [0, 0.1) is 18.8 Å². The summed E-state index contributed by atoms with van der Waals surface area (Å²) in [4.78, 5) is 28.3. The van der Waals surface area contributed by atoms with E-state index >= 15 is 0 Å². The van der Waals surface area contributed by atoms with E-state index in [0.717, 1.165) is 22.4 Å². The molecule has 0 saturated carbocycles. The van der Waals surface area contributed by atoms with Crippen LogP contribution in [-0.4, -0.2) is 17.5 Å². The van der Waals surface area contributed by atoms with Gasteiger partial charge in [0.05, 0.1) is 12.1 Å². The Bertz CT molecular complexity index is 841.